The van der Waals surface area contributed by atoms with Crippen LogP contribution in [0, 0.1) is 0 Å². The van der Waals surface area contributed by atoms with Crippen molar-refractivity contribution in [3.05, 3.63) is 23.5 Å². The summed E-state index contributed by atoms with van der Waals surface area (Å²) in [5, 5.41) is 9.31. The van der Waals surface area contributed by atoms with E-state index in [2.05, 4.69) is 0 Å². The summed E-state index contributed by atoms with van der Waals surface area (Å²) in [6.45, 7) is 6.93. The largest absolute Gasteiger partial charge is 0.490 e. The van der Waals surface area contributed by atoms with Crippen LogP contribution in [0.3, 0.4) is 0 Å². The molecule has 1 N–H and O–H groups in total. The summed E-state index contributed by atoms with van der Waals surface area (Å²) in [5.74, 6) is -1.08. The van der Waals surface area contributed by atoms with Gasteiger partial charge in [0.1, 0.15) is 11.3 Å². The second-order valence-corrected chi connectivity index (χ2v) is 7.79. The third kappa shape index (κ3) is 4.07. The molecular formula is C14H22O6S. The first-order valence-electron chi connectivity index (χ1n) is 6.69. The molecule has 1 unspecified atom stereocenters. The van der Waals surface area contributed by atoms with Crippen LogP contribution >= 0.6 is 0 Å². The number of aliphatic carboxylic acids is 1. The molecule has 21 heavy (non-hydrogen) atoms. The second kappa shape index (κ2) is 6.19. The van der Waals surface area contributed by atoms with Gasteiger partial charge in [-0.1, -0.05) is 0 Å². The van der Waals surface area contributed by atoms with E-state index in [4.69, 9.17) is 9.47 Å². The number of rotatable bonds is 6. The molecule has 0 bridgehead atoms. The van der Waals surface area contributed by atoms with E-state index in [-0.39, 0.29) is 30.0 Å². The van der Waals surface area contributed by atoms with Gasteiger partial charge in [-0.15, -0.1) is 0 Å². The smallest absolute Gasteiger partial charge is 0.339 e. The summed E-state index contributed by atoms with van der Waals surface area (Å²) in [5.41, 5.74) is -0.193. The summed E-state index contributed by atoms with van der Waals surface area (Å²) in [6, 6.07) is 0. The molecule has 120 valence electrons. The zero-order valence-electron chi connectivity index (χ0n) is 12.9. The highest BCUT2D eigenvalue weighted by atomic mass is 32.2. The summed E-state index contributed by atoms with van der Waals surface area (Å²) in [6.07, 6.45) is 3.08. The first-order chi connectivity index (χ1) is 9.48. The Morgan fingerprint density at radius 1 is 1.29 bits per heavy atom. The molecule has 7 heteroatoms. The molecule has 0 aromatic heterocycles. The highest BCUT2D eigenvalue weighted by molar-refractivity contribution is 7.92. The molecular weight excluding hydrogens is 296 g/mol. The third-order valence-corrected chi connectivity index (χ3v) is 4.49. The number of carbonyl (C=O) groups is 1. The minimum absolute atomic E-state index is 0.0167. The van der Waals surface area contributed by atoms with Gasteiger partial charge in [-0.05, 0) is 39.8 Å². The lowest BCUT2D eigenvalue weighted by Crippen LogP contribution is -2.43. The monoisotopic (exact) mass is 318 g/mol. The molecule has 0 saturated carbocycles. The van der Waals surface area contributed by atoms with E-state index < -0.39 is 20.7 Å². The van der Waals surface area contributed by atoms with Gasteiger partial charge in [0.2, 0.25) is 0 Å². The summed E-state index contributed by atoms with van der Waals surface area (Å²) in [7, 11) is -3.66. The van der Waals surface area contributed by atoms with E-state index in [1.165, 1.54) is 6.08 Å². The maximum atomic E-state index is 12.1. The molecule has 0 heterocycles. The van der Waals surface area contributed by atoms with Crippen molar-refractivity contribution in [1.29, 1.82) is 0 Å². The molecule has 0 radical (unpaired) electrons. The van der Waals surface area contributed by atoms with Crippen LogP contribution in [-0.4, -0.2) is 42.9 Å². The molecule has 0 fully saturated rings. The van der Waals surface area contributed by atoms with Crippen LogP contribution in [-0.2, 0) is 24.1 Å². The van der Waals surface area contributed by atoms with E-state index in [0.29, 0.717) is 0 Å². The predicted octanol–water partition coefficient (Wildman–Crippen LogP) is 1.88. The minimum Gasteiger partial charge on any atom is -0.490 e. The van der Waals surface area contributed by atoms with E-state index in [0.717, 1.165) is 12.3 Å². The summed E-state index contributed by atoms with van der Waals surface area (Å²) < 4.78 is 35.2. The maximum absolute atomic E-state index is 12.1. The number of hydrogen-bond acceptors (Lipinski definition) is 5. The van der Waals surface area contributed by atoms with Gasteiger partial charge in [-0.2, -0.15) is 0 Å². The predicted molar refractivity (Wildman–Crippen MR) is 78.4 cm³/mol. The third-order valence-electron chi connectivity index (χ3n) is 2.86. The van der Waals surface area contributed by atoms with Crippen molar-refractivity contribution in [2.24, 2.45) is 0 Å². The van der Waals surface area contributed by atoms with Crippen LogP contribution in [0.1, 0.15) is 34.1 Å². The van der Waals surface area contributed by atoms with Gasteiger partial charge in [0.05, 0.1) is 12.2 Å². The van der Waals surface area contributed by atoms with Crippen LogP contribution in [0.15, 0.2) is 23.5 Å². The number of sulfone groups is 1. The molecule has 0 saturated heterocycles. The van der Waals surface area contributed by atoms with E-state index in [1.807, 2.05) is 0 Å². The van der Waals surface area contributed by atoms with Gasteiger partial charge < -0.3 is 14.6 Å². The lowest BCUT2D eigenvalue weighted by atomic mass is 10.0. The Bertz CT molecular complexity index is 570. The lowest BCUT2D eigenvalue weighted by Gasteiger charge is -2.33. The van der Waals surface area contributed by atoms with Crippen LogP contribution < -0.4 is 0 Å². The molecule has 1 atom stereocenters. The lowest BCUT2D eigenvalue weighted by molar-refractivity contribution is -0.133. The SMILES string of the molecule is CC(C)OC1=CCC(OC(C)C)(S(C)(=O)=O)C=C1C(=O)O. The Labute approximate surface area is 125 Å². The van der Waals surface area contributed by atoms with E-state index in [9.17, 15) is 18.3 Å². The van der Waals surface area contributed by atoms with Crippen molar-refractivity contribution >= 4 is 15.8 Å². The van der Waals surface area contributed by atoms with Gasteiger partial charge >= 0.3 is 5.97 Å². The highest BCUT2D eigenvalue weighted by Crippen LogP contribution is 2.35. The molecule has 0 aromatic carbocycles. The second-order valence-electron chi connectivity index (χ2n) is 5.55. The van der Waals surface area contributed by atoms with Crippen molar-refractivity contribution in [3.8, 4) is 0 Å². The Morgan fingerprint density at radius 2 is 1.86 bits per heavy atom. The molecule has 6 nitrogen and oxygen atoms in total. The van der Waals surface area contributed by atoms with Crippen molar-refractivity contribution in [3.63, 3.8) is 0 Å². The van der Waals surface area contributed by atoms with Crippen molar-refractivity contribution in [2.75, 3.05) is 6.26 Å². The quantitative estimate of drug-likeness (QED) is 0.804. The normalized spacial score (nSPS) is 23.0. The summed E-state index contributed by atoms with van der Waals surface area (Å²) in [4.78, 5) is 9.74. The fourth-order valence-corrected chi connectivity index (χ4v) is 3.14. The molecule has 0 spiro atoms. The number of carboxylic acid groups (broad SMARTS) is 1. The summed E-state index contributed by atoms with van der Waals surface area (Å²) >= 11 is 0. The van der Waals surface area contributed by atoms with Gasteiger partial charge in [0.15, 0.2) is 14.8 Å². The van der Waals surface area contributed by atoms with Crippen molar-refractivity contribution in [2.45, 2.75) is 51.3 Å². The molecule has 0 amide bonds. The Balaban J connectivity index is 3.34. The molecule has 0 aliphatic heterocycles. The fraction of sp³-hybridized carbons (Fsp3) is 0.643. The topological polar surface area (TPSA) is 89.9 Å². The first-order valence-corrected chi connectivity index (χ1v) is 8.58. The van der Waals surface area contributed by atoms with E-state index in [1.54, 1.807) is 27.7 Å². The van der Waals surface area contributed by atoms with Crippen molar-refractivity contribution < 1.29 is 27.8 Å². The Kier molecular flexibility index (Phi) is 5.22. The maximum Gasteiger partial charge on any atom is 0.339 e. The first kappa shape index (κ1) is 17.7. The molecule has 1 aliphatic carbocycles. The average molecular weight is 318 g/mol. The Morgan fingerprint density at radius 3 is 2.24 bits per heavy atom. The zero-order valence-corrected chi connectivity index (χ0v) is 13.7. The molecule has 1 rings (SSSR count). The van der Waals surface area contributed by atoms with Crippen LogP contribution in [0.25, 0.3) is 0 Å². The van der Waals surface area contributed by atoms with E-state index >= 15 is 0 Å². The van der Waals surface area contributed by atoms with Crippen LogP contribution in [0.4, 0.5) is 0 Å². The van der Waals surface area contributed by atoms with Crippen molar-refractivity contribution in [1.82, 2.24) is 0 Å². The fourth-order valence-electron chi connectivity index (χ4n) is 2.05. The molecule has 0 aromatic rings. The Hall–Kier alpha value is -1.34. The van der Waals surface area contributed by atoms with Gasteiger partial charge in [-0.3, -0.25) is 0 Å². The van der Waals surface area contributed by atoms with Crippen LogP contribution in [0.5, 0.6) is 0 Å². The zero-order chi connectivity index (χ0) is 16.4. The standard InChI is InChI=1S/C14H22O6S/c1-9(2)19-12-6-7-14(20-10(3)4,21(5,17)18)8-11(12)13(15)16/h6,8-10H,7H2,1-5H3,(H,15,16). The molecule has 1 aliphatic rings. The number of carboxylic acids is 1. The van der Waals surface area contributed by atoms with Gasteiger partial charge in [-0.25, -0.2) is 13.2 Å². The number of hydrogen-bond donors (Lipinski definition) is 1. The van der Waals surface area contributed by atoms with Gasteiger partial charge in [0, 0.05) is 12.7 Å². The van der Waals surface area contributed by atoms with Gasteiger partial charge in [0.25, 0.3) is 0 Å². The highest BCUT2D eigenvalue weighted by Gasteiger charge is 2.44. The average Bonchev–Trinajstić information content (AvgIpc) is 2.28. The number of ether oxygens (including phenoxy) is 2. The van der Waals surface area contributed by atoms with Crippen LogP contribution in [0.2, 0.25) is 0 Å². The minimum atomic E-state index is -3.66.